The summed E-state index contributed by atoms with van der Waals surface area (Å²) in [7, 11) is 0. The Balaban J connectivity index is 1.76. The molecule has 7 nitrogen and oxygen atoms in total. The maximum absolute atomic E-state index is 12.1. The van der Waals surface area contributed by atoms with Gasteiger partial charge in [-0.15, -0.1) is 0 Å². The number of ether oxygens (including phenoxy) is 4. The van der Waals surface area contributed by atoms with E-state index in [2.05, 4.69) is 0 Å². The molecule has 2 saturated heterocycles. The normalized spacial score (nSPS) is 32.5. The molecule has 4 atom stereocenters. The minimum Gasteiger partial charge on any atom is -0.479 e. The quantitative estimate of drug-likeness (QED) is 0.838. The van der Waals surface area contributed by atoms with Crippen LogP contribution in [0.25, 0.3) is 0 Å². The van der Waals surface area contributed by atoms with Crippen LogP contribution in [-0.4, -0.2) is 47.4 Å². The van der Waals surface area contributed by atoms with Crippen molar-refractivity contribution in [2.75, 3.05) is 0 Å². The van der Waals surface area contributed by atoms with Gasteiger partial charge in [0.2, 0.25) is 6.29 Å². The first-order valence-electron chi connectivity index (χ1n) is 6.87. The molecule has 2 fully saturated rings. The molecule has 0 aromatic heterocycles. The number of benzene rings is 1. The number of hydrogen-bond donors (Lipinski definition) is 1. The molecular formula is C15H16O7. The van der Waals surface area contributed by atoms with Crippen molar-refractivity contribution in [1.82, 2.24) is 0 Å². The number of esters is 1. The Bertz CT molecular complexity index is 583. The number of fused-ring (bicyclic) bond motifs is 1. The number of hydrogen-bond acceptors (Lipinski definition) is 6. The lowest BCUT2D eigenvalue weighted by molar-refractivity contribution is -0.223. The monoisotopic (exact) mass is 308 g/mol. The fourth-order valence-corrected chi connectivity index (χ4v) is 2.60. The fourth-order valence-electron chi connectivity index (χ4n) is 2.60. The maximum Gasteiger partial charge on any atom is 0.340 e. The van der Waals surface area contributed by atoms with Crippen LogP contribution in [0.4, 0.5) is 0 Å². The highest BCUT2D eigenvalue weighted by atomic mass is 16.8. The van der Waals surface area contributed by atoms with Gasteiger partial charge in [-0.25, -0.2) is 9.59 Å². The Kier molecular flexibility index (Phi) is 3.64. The Morgan fingerprint density at radius 2 is 1.77 bits per heavy atom. The van der Waals surface area contributed by atoms with E-state index >= 15 is 0 Å². The van der Waals surface area contributed by atoms with E-state index < -0.39 is 42.3 Å². The lowest BCUT2D eigenvalue weighted by Crippen LogP contribution is -2.35. The van der Waals surface area contributed by atoms with Crippen LogP contribution in [0.5, 0.6) is 0 Å². The van der Waals surface area contributed by atoms with E-state index in [1.165, 1.54) is 0 Å². The third-order valence-electron chi connectivity index (χ3n) is 3.49. The molecule has 2 aliphatic rings. The highest BCUT2D eigenvalue weighted by Crippen LogP contribution is 2.39. The lowest BCUT2D eigenvalue weighted by Gasteiger charge is -2.22. The summed E-state index contributed by atoms with van der Waals surface area (Å²) in [6.45, 7) is 3.33. The van der Waals surface area contributed by atoms with Crippen LogP contribution in [0.2, 0.25) is 0 Å². The van der Waals surface area contributed by atoms with Gasteiger partial charge in [0.15, 0.2) is 18.0 Å². The van der Waals surface area contributed by atoms with Gasteiger partial charge in [-0.3, -0.25) is 0 Å². The Morgan fingerprint density at radius 3 is 2.41 bits per heavy atom. The van der Waals surface area contributed by atoms with E-state index in [0.717, 1.165) is 0 Å². The van der Waals surface area contributed by atoms with Crippen LogP contribution in [-0.2, 0) is 23.7 Å². The second-order valence-electron chi connectivity index (χ2n) is 5.60. The molecule has 1 aromatic rings. The molecule has 0 aliphatic carbocycles. The van der Waals surface area contributed by atoms with Crippen LogP contribution in [0.15, 0.2) is 30.3 Å². The second-order valence-corrected chi connectivity index (χ2v) is 5.60. The van der Waals surface area contributed by atoms with Crippen molar-refractivity contribution in [3.8, 4) is 0 Å². The molecule has 1 N–H and O–H groups in total. The summed E-state index contributed by atoms with van der Waals surface area (Å²) in [5.74, 6) is -2.75. The summed E-state index contributed by atoms with van der Waals surface area (Å²) >= 11 is 0. The van der Waals surface area contributed by atoms with Gasteiger partial charge in [-0.1, -0.05) is 18.2 Å². The van der Waals surface area contributed by atoms with Crippen LogP contribution in [0, 0.1) is 0 Å². The average Bonchev–Trinajstić information content (AvgIpc) is 2.94. The van der Waals surface area contributed by atoms with Crippen molar-refractivity contribution in [2.45, 2.75) is 44.2 Å². The van der Waals surface area contributed by atoms with Gasteiger partial charge < -0.3 is 24.1 Å². The van der Waals surface area contributed by atoms with Gasteiger partial charge in [-0.05, 0) is 26.0 Å². The molecule has 2 aliphatic heterocycles. The maximum atomic E-state index is 12.1. The van der Waals surface area contributed by atoms with Gasteiger partial charge >= 0.3 is 11.9 Å². The summed E-state index contributed by atoms with van der Waals surface area (Å²) in [5.41, 5.74) is 0.347. The molecule has 2 heterocycles. The Hall–Kier alpha value is -1.96. The molecule has 0 saturated carbocycles. The molecule has 0 unspecified atom stereocenters. The molecule has 1 aromatic carbocycles. The van der Waals surface area contributed by atoms with Crippen molar-refractivity contribution < 1.29 is 33.6 Å². The molecule has 7 heteroatoms. The third-order valence-corrected chi connectivity index (χ3v) is 3.49. The zero-order chi connectivity index (χ0) is 15.9. The topological polar surface area (TPSA) is 91.3 Å². The molecule has 118 valence electrons. The zero-order valence-electron chi connectivity index (χ0n) is 12.1. The average molecular weight is 308 g/mol. The van der Waals surface area contributed by atoms with E-state index in [1.54, 1.807) is 44.2 Å². The van der Waals surface area contributed by atoms with Gasteiger partial charge in [0.25, 0.3) is 0 Å². The number of carbonyl (C=O) groups excluding carboxylic acids is 1. The highest BCUT2D eigenvalue weighted by molar-refractivity contribution is 5.89. The first-order chi connectivity index (χ1) is 10.4. The first kappa shape index (κ1) is 15.0. The van der Waals surface area contributed by atoms with Crippen LogP contribution < -0.4 is 0 Å². The van der Waals surface area contributed by atoms with Gasteiger partial charge in [0.1, 0.15) is 6.10 Å². The summed E-state index contributed by atoms with van der Waals surface area (Å²) < 4.78 is 21.7. The standard InChI is InChI=1S/C15H16O7/c1-15(2)21-9-10(12(16)17)19-14(11(9)22-15)20-13(18)8-6-4-3-5-7-8/h3-7,9-11,14H,1-2H3,(H,16,17)/t9-,10+,11-,14+/m1/s1. The van der Waals surface area contributed by atoms with Crippen LogP contribution in [0.3, 0.4) is 0 Å². The van der Waals surface area contributed by atoms with Crippen LogP contribution in [0.1, 0.15) is 24.2 Å². The van der Waals surface area contributed by atoms with Crippen molar-refractivity contribution >= 4 is 11.9 Å². The smallest absolute Gasteiger partial charge is 0.340 e. The van der Waals surface area contributed by atoms with E-state index in [0.29, 0.717) is 5.56 Å². The van der Waals surface area contributed by atoms with E-state index in [4.69, 9.17) is 18.9 Å². The van der Waals surface area contributed by atoms with E-state index in [-0.39, 0.29) is 0 Å². The zero-order valence-corrected chi connectivity index (χ0v) is 12.1. The fraction of sp³-hybridized carbons (Fsp3) is 0.467. The van der Waals surface area contributed by atoms with Crippen LogP contribution >= 0.6 is 0 Å². The molecule has 0 radical (unpaired) electrons. The lowest BCUT2D eigenvalue weighted by atomic mass is 10.1. The second kappa shape index (κ2) is 5.35. The third kappa shape index (κ3) is 2.70. The van der Waals surface area contributed by atoms with Crippen molar-refractivity contribution in [1.29, 1.82) is 0 Å². The predicted octanol–water partition coefficient (Wildman–Crippen LogP) is 1.17. The van der Waals surface area contributed by atoms with E-state index in [1.807, 2.05) is 0 Å². The summed E-state index contributed by atoms with van der Waals surface area (Å²) in [4.78, 5) is 23.3. The van der Waals surface area contributed by atoms with Crippen molar-refractivity contribution in [2.24, 2.45) is 0 Å². The van der Waals surface area contributed by atoms with Crippen molar-refractivity contribution in [3.63, 3.8) is 0 Å². The Labute approximate surface area is 126 Å². The largest absolute Gasteiger partial charge is 0.479 e. The Morgan fingerprint density at radius 1 is 1.14 bits per heavy atom. The van der Waals surface area contributed by atoms with Crippen molar-refractivity contribution in [3.05, 3.63) is 35.9 Å². The molecule has 0 bridgehead atoms. The summed E-state index contributed by atoms with van der Waals surface area (Å²) in [5, 5.41) is 9.20. The molecule has 22 heavy (non-hydrogen) atoms. The van der Waals surface area contributed by atoms with Gasteiger partial charge in [0.05, 0.1) is 5.56 Å². The molecule has 0 amide bonds. The van der Waals surface area contributed by atoms with Gasteiger partial charge in [-0.2, -0.15) is 0 Å². The van der Waals surface area contributed by atoms with E-state index in [9.17, 15) is 14.7 Å². The first-order valence-corrected chi connectivity index (χ1v) is 6.87. The number of carboxylic acids is 1. The summed E-state index contributed by atoms with van der Waals surface area (Å²) in [6.07, 6.45) is -3.95. The predicted molar refractivity (Wildman–Crippen MR) is 72.0 cm³/mol. The molecular weight excluding hydrogens is 292 g/mol. The number of aliphatic carboxylic acids is 1. The molecule has 0 spiro atoms. The minimum atomic E-state index is -1.24. The van der Waals surface area contributed by atoms with Gasteiger partial charge in [0, 0.05) is 0 Å². The number of carbonyl (C=O) groups is 2. The SMILES string of the molecule is CC1(C)O[C@H]2[C@H](OC(=O)c3ccccc3)O[C@H](C(=O)O)[C@H]2O1. The summed E-state index contributed by atoms with van der Waals surface area (Å²) in [6, 6.07) is 8.37. The molecule has 3 rings (SSSR count). The highest BCUT2D eigenvalue weighted by Gasteiger charge is 2.59. The minimum absolute atomic E-state index is 0.347. The number of rotatable bonds is 3. The number of carboxylic acid groups (broad SMARTS) is 1.